The van der Waals surface area contributed by atoms with Crippen molar-refractivity contribution in [2.45, 2.75) is 39.0 Å². The van der Waals surface area contributed by atoms with E-state index in [0.717, 1.165) is 17.2 Å². The van der Waals surface area contributed by atoms with Crippen molar-refractivity contribution in [3.05, 3.63) is 29.8 Å². The van der Waals surface area contributed by atoms with E-state index in [1.54, 1.807) is 0 Å². The lowest BCUT2D eigenvalue weighted by molar-refractivity contribution is -0.125. The van der Waals surface area contributed by atoms with Gasteiger partial charge in [-0.15, -0.1) is 0 Å². The maximum absolute atomic E-state index is 12.2. The van der Waals surface area contributed by atoms with Crippen LogP contribution in [0.5, 0.6) is 0 Å². The van der Waals surface area contributed by atoms with Gasteiger partial charge in [0.15, 0.2) is 0 Å². The van der Waals surface area contributed by atoms with Gasteiger partial charge in [-0.2, -0.15) is 0 Å². The summed E-state index contributed by atoms with van der Waals surface area (Å²) in [6.07, 6.45) is 2.76. The van der Waals surface area contributed by atoms with E-state index < -0.39 is 0 Å². The standard InChI is InChI=1S/C17H22N2O2/c1-17(2,11-7-8-11)10-18-15(20)9-13-12-5-3-4-6-14(12)19-16(13)21/h3-6,11,13H,7-10H2,1-2H3,(H,18,20)(H,19,21). The lowest BCUT2D eigenvalue weighted by atomic mass is 9.87. The molecule has 1 aromatic carbocycles. The van der Waals surface area contributed by atoms with E-state index in [4.69, 9.17) is 0 Å². The summed E-state index contributed by atoms with van der Waals surface area (Å²) in [5.41, 5.74) is 1.92. The number of nitrogens with one attached hydrogen (secondary N) is 2. The van der Waals surface area contributed by atoms with Crippen LogP contribution in [0.15, 0.2) is 24.3 Å². The first-order valence-corrected chi connectivity index (χ1v) is 7.64. The highest BCUT2D eigenvalue weighted by molar-refractivity contribution is 6.04. The molecule has 0 spiro atoms. The Morgan fingerprint density at radius 2 is 2.05 bits per heavy atom. The van der Waals surface area contributed by atoms with Gasteiger partial charge in [0.25, 0.3) is 0 Å². The van der Waals surface area contributed by atoms with Crippen molar-refractivity contribution in [3.63, 3.8) is 0 Å². The van der Waals surface area contributed by atoms with Gasteiger partial charge < -0.3 is 10.6 Å². The van der Waals surface area contributed by atoms with Crippen molar-refractivity contribution in [1.82, 2.24) is 5.32 Å². The van der Waals surface area contributed by atoms with Crippen molar-refractivity contribution in [2.24, 2.45) is 11.3 Å². The van der Waals surface area contributed by atoms with Crippen LogP contribution in [0.1, 0.15) is 44.6 Å². The molecule has 4 heteroatoms. The fourth-order valence-corrected chi connectivity index (χ4v) is 3.07. The molecule has 1 aromatic rings. The zero-order valence-corrected chi connectivity index (χ0v) is 12.6. The quantitative estimate of drug-likeness (QED) is 0.874. The number of carbonyl (C=O) groups is 2. The van der Waals surface area contributed by atoms with E-state index in [1.165, 1.54) is 12.8 Å². The molecule has 0 radical (unpaired) electrons. The fraction of sp³-hybridized carbons (Fsp3) is 0.529. The lowest BCUT2D eigenvalue weighted by Gasteiger charge is -2.24. The van der Waals surface area contributed by atoms with Gasteiger partial charge >= 0.3 is 0 Å². The molecule has 21 heavy (non-hydrogen) atoms. The Bertz CT molecular complexity index is 576. The number of rotatable bonds is 5. The van der Waals surface area contributed by atoms with E-state index in [-0.39, 0.29) is 29.6 Å². The Labute approximate surface area is 125 Å². The second kappa shape index (κ2) is 5.17. The zero-order chi connectivity index (χ0) is 15.0. The molecule has 0 bridgehead atoms. The summed E-state index contributed by atoms with van der Waals surface area (Å²) in [6.45, 7) is 5.08. The van der Waals surface area contributed by atoms with Gasteiger partial charge in [0.1, 0.15) is 0 Å². The summed E-state index contributed by atoms with van der Waals surface area (Å²) in [4.78, 5) is 24.1. The number of hydrogen-bond acceptors (Lipinski definition) is 2. The van der Waals surface area contributed by atoms with Crippen molar-refractivity contribution < 1.29 is 9.59 Å². The van der Waals surface area contributed by atoms with Crippen LogP contribution in [0.25, 0.3) is 0 Å². The van der Waals surface area contributed by atoms with Gasteiger partial charge in [-0.25, -0.2) is 0 Å². The molecule has 2 aliphatic rings. The van der Waals surface area contributed by atoms with Crippen LogP contribution in [0.3, 0.4) is 0 Å². The summed E-state index contributed by atoms with van der Waals surface area (Å²) in [5.74, 6) is 0.256. The van der Waals surface area contributed by atoms with Crippen LogP contribution < -0.4 is 10.6 Å². The minimum atomic E-state index is -0.356. The summed E-state index contributed by atoms with van der Waals surface area (Å²) in [7, 11) is 0. The van der Waals surface area contributed by atoms with Gasteiger partial charge in [-0.1, -0.05) is 32.0 Å². The number of fused-ring (bicyclic) bond motifs is 1. The van der Waals surface area contributed by atoms with E-state index in [1.807, 2.05) is 24.3 Å². The van der Waals surface area contributed by atoms with Gasteiger partial charge in [0.2, 0.25) is 11.8 Å². The molecule has 2 amide bonds. The van der Waals surface area contributed by atoms with Crippen LogP contribution in [0.2, 0.25) is 0 Å². The Kier molecular flexibility index (Phi) is 3.47. The first-order chi connectivity index (χ1) is 9.97. The molecule has 1 aliphatic carbocycles. The smallest absolute Gasteiger partial charge is 0.232 e. The number of para-hydroxylation sites is 1. The Morgan fingerprint density at radius 1 is 1.33 bits per heavy atom. The molecule has 0 saturated heterocycles. The van der Waals surface area contributed by atoms with Gasteiger partial charge in [0, 0.05) is 18.7 Å². The predicted molar refractivity (Wildman–Crippen MR) is 81.9 cm³/mol. The molecule has 4 nitrogen and oxygen atoms in total. The molecule has 1 aliphatic heterocycles. The normalized spacial score (nSPS) is 20.9. The summed E-state index contributed by atoms with van der Waals surface area (Å²) in [5, 5.41) is 5.84. The molecule has 1 saturated carbocycles. The van der Waals surface area contributed by atoms with Crippen LogP contribution in [-0.4, -0.2) is 18.4 Å². The molecule has 1 unspecified atom stereocenters. The van der Waals surface area contributed by atoms with Crippen molar-refractivity contribution >= 4 is 17.5 Å². The summed E-state index contributed by atoms with van der Waals surface area (Å²) < 4.78 is 0. The number of hydrogen-bond donors (Lipinski definition) is 2. The molecular weight excluding hydrogens is 264 g/mol. The monoisotopic (exact) mass is 286 g/mol. The summed E-state index contributed by atoms with van der Waals surface area (Å²) >= 11 is 0. The Hall–Kier alpha value is -1.84. The van der Waals surface area contributed by atoms with E-state index in [9.17, 15) is 9.59 Å². The molecule has 3 rings (SSSR count). The SMILES string of the molecule is CC(C)(CNC(=O)CC1C(=O)Nc2ccccc21)C1CC1. The van der Waals surface area contributed by atoms with E-state index in [2.05, 4.69) is 24.5 Å². The lowest BCUT2D eigenvalue weighted by Crippen LogP contribution is -2.36. The van der Waals surface area contributed by atoms with E-state index in [0.29, 0.717) is 6.54 Å². The third-order valence-corrected chi connectivity index (χ3v) is 4.72. The molecule has 2 N–H and O–H groups in total. The second-order valence-electron chi connectivity index (χ2n) is 6.87. The molecule has 1 heterocycles. The van der Waals surface area contributed by atoms with Crippen LogP contribution in [0, 0.1) is 11.3 Å². The third-order valence-electron chi connectivity index (χ3n) is 4.72. The minimum Gasteiger partial charge on any atom is -0.356 e. The maximum Gasteiger partial charge on any atom is 0.232 e. The topological polar surface area (TPSA) is 58.2 Å². The Balaban J connectivity index is 1.59. The van der Waals surface area contributed by atoms with Gasteiger partial charge in [-0.3, -0.25) is 9.59 Å². The Morgan fingerprint density at radius 3 is 2.76 bits per heavy atom. The number of anilines is 1. The molecule has 0 aromatic heterocycles. The zero-order valence-electron chi connectivity index (χ0n) is 12.6. The van der Waals surface area contributed by atoms with Gasteiger partial charge in [0.05, 0.1) is 5.92 Å². The highest BCUT2D eigenvalue weighted by atomic mass is 16.2. The van der Waals surface area contributed by atoms with Crippen molar-refractivity contribution in [1.29, 1.82) is 0 Å². The number of carbonyl (C=O) groups excluding carboxylic acids is 2. The first-order valence-electron chi connectivity index (χ1n) is 7.64. The summed E-state index contributed by atoms with van der Waals surface area (Å²) in [6, 6.07) is 7.58. The molecular formula is C17H22N2O2. The largest absolute Gasteiger partial charge is 0.356 e. The van der Waals surface area contributed by atoms with Crippen molar-refractivity contribution in [2.75, 3.05) is 11.9 Å². The molecule has 1 fully saturated rings. The highest BCUT2D eigenvalue weighted by Gasteiger charge is 2.38. The number of benzene rings is 1. The predicted octanol–water partition coefficient (Wildman–Crippen LogP) is 2.66. The van der Waals surface area contributed by atoms with Crippen LogP contribution in [0.4, 0.5) is 5.69 Å². The van der Waals surface area contributed by atoms with Crippen LogP contribution in [-0.2, 0) is 9.59 Å². The highest BCUT2D eigenvalue weighted by Crippen LogP contribution is 2.44. The second-order valence-corrected chi connectivity index (χ2v) is 6.87. The average Bonchev–Trinajstić information content (AvgIpc) is 3.25. The third kappa shape index (κ3) is 2.94. The fourth-order valence-electron chi connectivity index (χ4n) is 3.07. The minimum absolute atomic E-state index is 0.0411. The maximum atomic E-state index is 12.2. The molecule has 112 valence electrons. The average molecular weight is 286 g/mol. The number of amides is 2. The van der Waals surface area contributed by atoms with Crippen molar-refractivity contribution in [3.8, 4) is 0 Å². The molecule has 1 atom stereocenters. The van der Waals surface area contributed by atoms with Gasteiger partial charge in [-0.05, 0) is 35.8 Å². The van der Waals surface area contributed by atoms with Crippen LogP contribution >= 0.6 is 0 Å². The van der Waals surface area contributed by atoms with E-state index >= 15 is 0 Å². The first kappa shape index (κ1) is 14.1.